The van der Waals surface area contributed by atoms with Gasteiger partial charge in [-0.2, -0.15) is 5.10 Å². The number of rotatable bonds is 4. The number of amides is 3. The number of imidazole rings is 1. The first kappa shape index (κ1) is 41.1. The van der Waals surface area contributed by atoms with Crippen molar-refractivity contribution in [3.8, 4) is 17.1 Å². The number of ether oxygens (including phenoxy) is 1. The van der Waals surface area contributed by atoms with Gasteiger partial charge in [-0.1, -0.05) is 0 Å². The maximum atomic E-state index is 16.1. The monoisotopic (exact) mass is 861 g/mol. The molecule has 4 fully saturated rings. The Morgan fingerprint density at radius 3 is 2.46 bits per heavy atom. The van der Waals surface area contributed by atoms with E-state index in [1.807, 2.05) is 44.9 Å². The van der Waals surface area contributed by atoms with Crippen molar-refractivity contribution in [1.82, 2.24) is 39.5 Å². The lowest BCUT2D eigenvalue weighted by molar-refractivity contribution is -0.134. The minimum Gasteiger partial charge on any atom is -0.477 e. The predicted molar refractivity (Wildman–Crippen MR) is 233 cm³/mol. The predicted octanol–water partition coefficient (Wildman–Crippen LogP) is 5.77. The minimum atomic E-state index is -2.96. The molecule has 5 aliphatic rings. The number of aromatic nitrogens is 6. The second kappa shape index (κ2) is 16.0. The molecule has 5 aromatic rings. The molecular formula is C46H53F2N11O4. The summed E-state index contributed by atoms with van der Waals surface area (Å²) in [5, 5.41) is 10.2. The topological polar surface area (TPSA) is 156 Å². The summed E-state index contributed by atoms with van der Waals surface area (Å²) < 4.78 is 42.6. The van der Waals surface area contributed by atoms with Gasteiger partial charge in [-0.15, -0.1) is 0 Å². The Labute approximate surface area is 364 Å². The van der Waals surface area contributed by atoms with E-state index in [-0.39, 0.29) is 24.1 Å². The number of halogens is 2. The normalized spacial score (nSPS) is 24.3. The lowest BCUT2D eigenvalue weighted by Gasteiger charge is -2.47. The number of imide groups is 1. The summed E-state index contributed by atoms with van der Waals surface area (Å²) in [5.41, 5.74) is 8.02. The van der Waals surface area contributed by atoms with Crippen molar-refractivity contribution in [2.45, 2.75) is 83.7 Å². The molecule has 63 heavy (non-hydrogen) atoms. The Morgan fingerprint density at radius 1 is 0.873 bits per heavy atom. The van der Waals surface area contributed by atoms with Crippen LogP contribution in [0.25, 0.3) is 22.3 Å². The highest BCUT2D eigenvalue weighted by Crippen LogP contribution is 2.40. The summed E-state index contributed by atoms with van der Waals surface area (Å²) in [4.78, 5) is 58.3. The summed E-state index contributed by atoms with van der Waals surface area (Å²) in [6.07, 6.45) is 5.56. The van der Waals surface area contributed by atoms with Crippen LogP contribution in [0.15, 0.2) is 42.6 Å². The Hall–Kier alpha value is -5.97. The van der Waals surface area contributed by atoms with Crippen molar-refractivity contribution >= 4 is 46.1 Å². The molecule has 4 aliphatic heterocycles. The molecule has 4 atom stereocenters. The van der Waals surface area contributed by atoms with Crippen LogP contribution in [-0.2, 0) is 23.2 Å². The second-order valence-corrected chi connectivity index (χ2v) is 18.2. The van der Waals surface area contributed by atoms with Crippen molar-refractivity contribution < 1.29 is 27.9 Å². The van der Waals surface area contributed by atoms with Crippen molar-refractivity contribution in [2.24, 2.45) is 18.9 Å². The van der Waals surface area contributed by atoms with Gasteiger partial charge in [-0.3, -0.25) is 39.9 Å². The number of hydrogen-bond acceptors (Lipinski definition) is 11. The van der Waals surface area contributed by atoms with E-state index in [0.717, 1.165) is 52.8 Å². The van der Waals surface area contributed by atoms with E-state index in [0.29, 0.717) is 111 Å². The minimum absolute atomic E-state index is 0.247. The summed E-state index contributed by atoms with van der Waals surface area (Å²) in [5.74, 6) is -2.57. The smallest absolute Gasteiger partial charge is 0.280 e. The van der Waals surface area contributed by atoms with Gasteiger partial charge in [0.05, 0.1) is 70.7 Å². The van der Waals surface area contributed by atoms with E-state index < -0.39 is 24.4 Å². The highest BCUT2D eigenvalue weighted by Gasteiger charge is 2.48. The van der Waals surface area contributed by atoms with Crippen LogP contribution in [0.5, 0.6) is 5.88 Å². The average Bonchev–Trinajstić information content (AvgIpc) is 3.92. The molecule has 17 heteroatoms. The summed E-state index contributed by atoms with van der Waals surface area (Å²) >= 11 is 0. The Bertz CT molecular complexity index is 2640. The van der Waals surface area contributed by atoms with E-state index in [2.05, 4.69) is 36.2 Å². The Balaban J connectivity index is 0.848. The number of fused-ring (bicyclic) bond motifs is 9. The summed E-state index contributed by atoms with van der Waals surface area (Å²) in [6.45, 7) is 9.14. The molecule has 330 valence electrons. The SMILES string of the molecule is Cc1cc2cc(n1)-c1c(C)nn(C)c1OC[C@H]1CC[C@H](C1)Cn1c(nc3ccc(N4CCN([C@H]5CCN(c6cnc(C7CCC(=O)NC7=O)cc6C)CC5(F)F)CC4)cc31)NC2=O. The fourth-order valence-corrected chi connectivity index (χ4v) is 10.7. The lowest BCUT2D eigenvalue weighted by atomic mass is 9.93. The molecule has 0 radical (unpaired) electrons. The molecule has 2 N–H and O–H groups in total. The molecule has 1 aliphatic carbocycles. The molecular weight excluding hydrogens is 809 g/mol. The van der Waals surface area contributed by atoms with Crippen molar-refractivity contribution in [1.29, 1.82) is 0 Å². The third-order valence-corrected chi connectivity index (χ3v) is 13.9. The van der Waals surface area contributed by atoms with Gasteiger partial charge in [0, 0.05) is 69.7 Å². The lowest BCUT2D eigenvalue weighted by Crippen LogP contribution is -2.62. The van der Waals surface area contributed by atoms with Crippen molar-refractivity contribution in [3.05, 3.63) is 70.8 Å². The molecule has 1 saturated carbocycles. The van der Waals surface area contributed by atoms with E-state index in [1.54, 1.807) is 34.0 Å². The van der Waals surface area contributed by atoms with Crippen LogP contribution < -0.4 is 25.2 Å². The highest BCUT2D eigenvalue weighted by molar-refractivity contribution is 6.05. The quantitative estimate of drug-likeness (QED) is 0.212. The third-order valence-electron chi connectivity index (χ3n) is 13.9. The first-order valence-electron chi connectivity index (χ1n) is 22.2. The van der Waals surface area contributed by atoms with Crippen molar-refractivity contribution in [3.63, 3.8) is 0 Å². The molecule has 1 unspecified atom stereocenters. The van der Waals surface area contributed by atoms with E-state index in [9.17, 15) is 14.4 Å². The van der Waals surface area contributed by atoms with Gasteiger partial charge in [-0.05, 0) is 107 Å². The molecule has 4 aromatic heterocycles. The number of alkyl halides is 2. The number of hydrogen-bond donors (Lipinski definition) is 2. The number of pyridine rings is 2. The third kappa shape index (κ3) is 7.78. The van der Waals surface area contributed by atoms with Gasteiger partial charge in [0.1, 0.15) is 0 Å². The van der Waals surface area contributed by atoms with Crippen LogP contribution >= 0.6 is 0 Å². The number of carbonyl (C=O) groups is 3. The van der Waals surface area contributed by atoms with Crippen LogP contribution in [0.2, 0.25) is 0 Å². The Morgan fingerprint density at radius 2 is 1.68 bits per heavy atom. The summed E-state index contributed by atoms with van der Waals surface area (Å²) in [6, 6.07) is 10.6. The standard InChI is InChI=1S/C46H53F2N11O4/c1-26-17-35(33-8-10-40(60)52-43(33)62)49-22-38(26)58-12-11-39(46(47,48)25-58)57-15-13-56(14-16-57)32-7-9-34-37(21-32)59-23-29-5-6-30(19-29)24-63-44-41(28(3)54-55(44)4)36-20-31(18-27(2)50-36)42(61)53-45(59)51-34/h7,9,17-18,20-22,29-30,33,39H,5-6,8,10-16,19,23-25H2,1-4H3,(H,51,53,61)(H,52,60,62)/t29-,30+,33?,39+/m1/s1. The molecule has 4 bridgehead atoms. The number of anilines is 3. The number of piperidine rings is 2. The zero-order valence-corrected chi connectivity index (χ0v) is 36.2. The highest BCUT2D eigenvalue weighted by atomic mass is 19.3. The van der Waals surface area contributed by atoms with Gasteiger partial charge < -0.3 is 19.1 Å². The molecule has 3 saturated heterocycles. The maximum Gasteiger partial charge on any atom is 0.280 e. The first-order chi connectivity index (χ1) is 30.3. The van der Waals surface area contributed by atoms with Crippen LogP contribution in [0, 0.1) is 32.6 Å². The summed E-state index contributed by atoms with van der Waals surface area (Å²) in [7, 11) is 1.87. The van der Waals surface area contributed by atoms with Gasteiger partial charge in [-0.25, -0.2) is 18.4 Å². The van der Waals surface area contributed by atoms with Crippen LogP contribution in [0.4, 0.5) is 26.1 Å². The van der Waals surface area contributed by atoms with Crippen molar-refractivity contribution in [2.75, 3.05) is 61.0 Å². The average molecular weight is 862 g/mol. The van der Waals surface area contributed by atoms with Crippen LogP contribution in [-0.4, -0.2) is 110 Å². The fraction of sp³-hybridized carbons (Fsp3) is 0.500. The van der Waals surface area contributed by atoms with Gasteiger partial charge in [0.15, 0.2) is 0 Å². The molecule has 1 aromatic carbocycles. The number of nitrogens with one attached hydrogen (secondary N) is 2. The Kier molecular flexibility index (Phi) is 10.4. The molecule has 15 nitrogen and oxygen atoms in total. The zero-order valence-electron chi connectivity index (χ0n) is 36.2. The van der Waals surface area contributed by atoms with E-state index >= 15 is 8.78 Å². The van der Waals surface area contributed by atoms with Crippen LogP contribution in [0.1, 0.15) is 77.4 Å². The number of piperazine rings is 1. The molecule has 3 amide bonds. The second-order valence-electron chi connectivity index (χ2n) is 18.2. The van der Waals surface area contributed by atoms with E-state index in [4.69, 9.17) is 14.7 Å². The molecule has 10 rings (SSSR count). The maximum absolute atomic E-state index is 16.1. The van der Waals surface area contributed by atoms with Crippen LogP contribution in [0.3, 0.4) is 0 Å². The first-order valence-corrected chi connectivity index (χ1v) is 22.2. The van der Waals surface area contributed by atoms with Gasteiger partial charge >= 0.3 is 0 Å². The largest absolute Gasteiger partial charge is 0.477 e. The molecule has 8 heterocycles. The van der Waals surface area contributed by atoms with E-state index in [1.165, 1.54) is 0 Å². The number of carbonyl (C=O) groups excluding carboxylic acids is 3. The number of aryl methyl sites for hydroxylation is 4. The van der Waals surface area contributed by atoms with Gasteiger partial charge in [0.2, 0.25) is 23.6 Å². The number of nitrogens with zero attached hydrogens (tertiary/aromatic N) is 9. The number of benzene rings is 1. The fourth-order valence-electron chi connectivity index (χ4n) is 10.7. The van der Waals surface area contributed by atoms with Gasteiger partial charge in [0.25, 0.3) is 11.8 Å². The molecule has 0 spiro atoms. The zero-order chi connectivity index (χ0) is 43.7.